The van der Waals surface area contributed by atoms with Gasteiger partial charge in [-0.05, 0) is 48.9 Å². The van der Waals surface area contributed by atoms with E-state index >= 15 is 0 Å². The lowest BCUT2D eigenvalue weighted by atomic mass is 9.92. The molecule has 3 heteroatoms. The van der Waals surface area contributed by atoms with Gasteiger partial charge < -0.3 is 4.98 Å². The van der Waals surface area contributed by atoms with Crippen LogP contribution in [-0.2, 0) is 6.42 Å². The summed E-state index contributed by atoms with van der Waals surface area (Å²) in [6.07, 6.45) is 9.08. The number of halogens is 1. The topological polar surface area (TPSA) is 28.7 Å². The van der Waals surface area contributed by atoms with Crippen molar-refractivity contribution in [2.24, 2.45) is 5.92 Å². The fraction of sp³-hybridized carbons (Fsp3) is 0.571. The zero-order valence-corrected chi connectivity index (χ0v) is 16.3. The molecule has 2 atom stereocenters. The first-order chi connectivity index (χ1) is 11.6. The van der Waals surface area contributed by atoms with E-state index in [9.17, 15) is 0 Å². The summed E-state index contributed by atoms with van der Waals surface area (Å²) in [6, 6.07) is 6.26. The highest BCUT2D eigenvalue weighted by atomic mass is 35.5. The summed E-state index contributed by atoms with van der Waals surface area (Å²) in [7, 11) is 0. The van der Waals surface area contributed by atoms with Crippen LogP contribution in [0.3, 0.4) is 0 Å². The molecule has 0 aliphatic heterocycles. The van der Waals surface area contributed by atoms with Crippen molar-refractivity contribution in [1.29, 1.82) is 0 Å². The number of benzene rings is 1. The number of aromatic amines is 1. The van der Waals surface area contributed by atoms with Gasteiger partial charge in [0.2, 0.25) is 0 Å². The monoisotopic (exact) mass is 346 g/mol. The molecular formula is C21H31ClN2. The zero-order valence-electron chi connectivity index (χ0n) is 15.5. The summed E-state index contributed by atoms with van der Waals surface area (Å²) >= 11 is 6.26. The Labute approximate surface area is 152 Å². The van der Waals surface area contributed by atoms with Crippen molar-refractivity contribution in [3.8, 4) is 11.3 Å². The summed E-state index contributed by atoms with van der Waals surface area (Å²) in [4.78, 5) is 8.27. The van der Waals surface area contributed by atoms with E-state index in [-0.39, 0.29) is 0 Å². The van der Waals surface area contributed by atoms with Crippen molar-refractivity contribution >= 4 is 11.6 Å². The minimum atomic E-state index is 0.530. The normalized spacial score (nSPS) is 13.9. The molecule has 0 radical (unpaired) electrons. The minimum Gasteiger partial charge on any atom is -0.342 e. The summed E-state index contributed by atoms with van der Waals surface area (Å²) in [6.45, 7) is 9.02. The average molecular weight is 347 g/mol. The molecule has 0 spiro atoms. The number of H-pyrrole nitrogens is 1. The third kappa shape index (κ3) is 5.11. The number of aryl methyl sites for hydroxylation is 1. The molecular weight excluding hydrogens is 316 g/mol. The maximum Gasteiger partial charge on any atom is 0.109 e. The van der Waals surface area contributed by atoms with Gasteiger partial charge in [0.05, 0.1) is 11.9 Å². The van der Waals surface area contributed by atoms with Gasteiger partial charge in [0, 0.05) is 16.5 Å². The average Bonchev–Trinajstić information content (AvgIpc) is 3.07. The first kappa shape index (κ1) is 19.1. The van der Waals surface area contributed by atoms with Gasteiger partial charge in [0.1, 0.15) is 5.82 Å². The Bertz CT molecular complexity index is 633. The van der Waals surface area contributed by atoms with Gasteiger partial charge in [-0.2, -0.15) is 0 Å². The van der Waals surface area contributed by atoms with Crippen LogP contribution in [0, 0.1) is 5.92 Å². The zero-order chi connectivity index (χ0) is 17.5. The van der Waals surface area contributed by atoms with E-state index in [0.717, 1.165) is 34.4 Å². The second-order valence-electron chi connectivity index (χ2n) is 6.96. The van der Waals surface area contributed by atoms with Crippen molar-refractivity contribution in [2.45, 2.75) is 72.1 Å². The summed E-state index contributed by atoms with van der Waals surface area (Å²) in [5, 5.41) is 0.794. The molecule has 0 saturated heterocycles. The highest BCUT2D eigenvalue weighted by molar-refractivity contribution is 6.30. The molecule has 0 bridgehead atoms. The quantitative estimate of drug-likeness (QED) is 0.520. The molecule has 0 aliphatic carbocycles. The minimum absolute atomic E-state index is 0.530. The van der Waals surface area contributed by atoms with E-state index in [1.807, 2.05) is 18.3 Å². The Kier molecular flexibility index (Phi) is 7.36. The van der Waals surface area contributed by atoms with Crippen LogP contribution in [0.25, 0.3) is 11.3 Å². The molecule has 1 aromatic heterocycles. The number of hydrogen-bond acceptors (Lipinski definition) is 1. The third-order valence-electron chi connectivity index (χ3n) is 5.00. The van der Waals surface area contributed by atoms with Crippen LogP contribution in [0.1, 0.15) is 77.1 Å². The van der Waals surface area contributed by atoms with Gasteiger partial charge in [-0.25, -0.2) is 4.98 Å². The van der Waals surface area contributed by atoms with E-state index in [4.69, 9.17) is 16.6 Å². The summed E-state index contributed by atoms with van der Waals surface area (Å²) < 4.78 is 0. The van der Waals surface area contributed by atoms with E-state index in [0.29, 0.717) is 5.92 Å². The Morgan fingerprint density at radius 3 is 2.54 bits per heavy atom. The Hall–Kier alpha value is -1.28. The standard InChI is InChI=1S/C21H31ClN2/c1-5-8-17(10-9-15(4)6-2)21-23-14-20(24-21)18-11-16(7-3)12-19(22)13-18/h11-15,17H,5-10H2,1-4H3,(H,23,24). The smallest absolute Gasteiger partial charge is 0.109 e. The number of nitrogens with one attached hydrogen (secondary N) is 1. The molecule has 1 aromatic carbocycles. The first-order valence-corrected chi connectivity index (χ1v) is 9.79. The molecule has 0 amide bonds. The lowest BCUT2D eigenvalue weighted by Crippen LogP contribution is -2.04. The van der Waals surface area contributed by atoms with Crippen molar-refractivity contribution in [2.75, 3.05) is 0 Å². The third-order valence-corrected chi connectivity index (χ3v) is 5.22. The number of aromatic nitrogens is 2. The number of hydrogen-bond donors (Lipinski definition) is 1. The molecule has 1 N–H and O–H groups in total. The maximum absolute atomic E-state index is 6.26. The highest BCUT2D eigenvalue weighted by Crippen LogP contribution is 2.30. The Morgan fingerprint density at radius 1 is 1.08 bits per heavy atom. The van der Waals surface area contributed by atoms with Crippen LogP contribution in [-0.4, -0.2) is 9.97 Å². The van der Waals surface area contributed by atoms with E-state index in [1.165, 1.54) is 37.7 Å². The Balaban J connectivity index is 2.19. The summed E-state index contributed by atoms with van der Waals surface area (Å²) in [5.74, 6) is 2.45. The van der Waals surface area contributed by atoms with Gasteiger partial charge in [-0.15, -0.1) is 0 Å². The van der Waals surface area contributed by atoms with Gasteiger partial charge in [-0.3, -0.25) is 0 Å². The molecule has 24 heavy (non-hydrogen) atoms. The highest BCUT2D eigenvalue weighted by Gasteiger charge is 2.16. The van der Waals surface area contributed by atoms with E-state index in [1.54, 1.807) is 0 Å². The molecule has 2 unspecified atom stereocenters. The SMILES string of the molecule is CCCC(CCC(C)CC)c1ncc(-c2cc(Cl)cc(CC)c2)[nH]1. The van der Waals surface area contributed by atoms with Crippen LogP contribution in [0.4, 0.5) is 0 Å². The largest absolute Gasteiger partial charge is 0.342 e. The molecule has 2 rings (SSSR count). The number of rotatable bonds is 9. The Morgan fingerprint density at radius 2 is 1.88 bits per heavy atom. The fourth-order valence-corrected chi connectivity index (χ4v) is 3.41. The lowest BCUT2D eigenvalue weighted by molar-refractivity contribution is 0.437. The number of imidazole rings is 1. The van der Waals surface area contributed by atoms with Gasteiger partial charge in [0.15, 0.2) is 0 Å². The molecule has 2 aromatic rings. The molecule has 2 nitrogen and oxygen atoms in total. The van der Waals surface area contributed by atoms with Crippen molar-refractivity contribution in [3.05, 3.63) is 40.8 Å². The van der Waals surface area contributed by atoms with Crippen LogP contribution < -0.4 is 0 Å². The number of nitrogens with zero attached hydrogens (tertiary/aromatic N) is 1. The van der Waals surface area contributed by atoms with Crippen LogP contribution >= 0.6 is 11.6 Å². The predicted octanol–water partition coefficient (Wildman–Crippen LogP) is 7.00. The van der Waals surface area contributed by atoms with Gasteiger partial charge >= 0.3 is 0 Å². The second kappa shape index (κ2) is 9.27. The molecule has 0 fully saturated rings. The second-order valence-corrected chi connectivity index (χ2v) is 7.40. The van der Waals surface area contributed by atoms with Crippen LogP contribution in [0.2, 0.25) is 5.02 Å². The summed E-state index contributed by atoms with van der Waals surface area (Å²) in [5.41, 5.74) is 3.47. The molecule has 1 heterocycles. The predicted molar refractivity (Wildman–Crippen MR) is 105 cm³/mol. The van der Waals surface area contributed by atoms with E-state index < -0.39 is 0 Å². The first-order valence-electron chi connectivity index (χ1n) is 9.42. The molecule has 0 aliphatic rings. The van der Waals surface area contributed by atoms with Crippen LogP contribution in [0.15, 0.2) is 24.4 Å². The van der Waals surface area contributed by atoms with Crippen molar-refractivity contribution in [3.63, 3.8) is 0 Å². The van der Waals surface area contributed by atoms with Crippen molar-refractivity contribution in [1.82, 2.24) is 9.97 Å². The lowest BCUT2D eigenvalue weighted by Gasteiger charge is -2.16. The van der Waals surface area contributed by atoms with E-state index in [2.05, 4.69) is 38.7 Å². The fourth-order valence-electron chi connectivity index (χ4n) is 3.16. The maximum atomic E-state index is 6.26. The molecule has 132 valence electrons. The van der Waals surface area contributed by atoms with Crippen LogP contribution in [0.5, 0.6) is 0 Å². The molecule has 0 saturated carbocycles. The van der Waals surface area contributed by atoms with Gasteiger partial charge in [-0.1, -0.05) is 58.6 Å². The van der Waals surface area contributed by atoms with Crippen molar-refractivity contribution < 1.29 is 0 Å². The van der Waals surface area contributed by atoms with Gasteiger partial charge in [0.25, 0.3) is 0 Å².